The van der Waals surface area contributed by atoms with Gasteiger partial charge in [0.05, 0.1) is 7.11 Å². The molecule has 1 aromatic carbocycles. The van der Waals surface area contributed by atoms with Crippen molar-refractivity contribution in [1.29, 1.82) is 0 Å². The maximum atomic E-state index is 12.7. The number of halogens is 4. The molecule has 0 aromatic heterocycles. The minimum atomic E-state index is -4.49. The van der Waals surface area contributed by atoms with Crippen LogP contribution in [0.2, 0.25) is 0 Å². The second kappa shape index (κ2) is 4.86. The van der Waals surface area contributed by atoms with Gasteiger partial charge in [-0.15, -0.1) is 0 Å². The Labute approximate surface area is 106 Å². The van der Waals surface area contributed by atoms with Crippen molar-refractivity contribution >= 4 is 15.9 Å². The predicted molar refractivity (Wildman–Crippen MR) is 63.2 cm³/mol. The Kier molecular flexibility index (Phi) is 4.09. The fraction of sp³-hybridized carbons (Fsp3) is 0.455. The van der Waals surface area contributed by atoms with Crippen molar-refractivity contribution in [3.8, 4) is 5.75 Å². The van der Waals surface area contributed by atoms with Crippen LogP contribution in [0, 0.1) is 13.8 Å². The quantitative estimate of drug-likeness (QED) is 0.905. The lowest BCUT2D eigenvalue weighted by Gasteiger charge is -2.22. The fourth-order valence-electron chi connectivity index (χ4n) is 1.68. The largest absolute Gasteiger partial charge is 0.496 e. The first-order valence-electron chi connectivity index (χ1n) is 4.86. The molecule has 6 heteroatoms. The summed E-state index contributed by atoms with van der Waals surface area (Å²) in [5.74, 6) is 0.190. The monoisotopic (exact) mass is 311 g/mol. The summed E-state index contributed by atoms with van der Waals surface area (Å²) in [6.45, 7) is 3.25. The first kappa shape index (κ1) is 14.3. The maximum Gasteiger partial charge on any atom is 0.407 e. The molecule has 1 rings (SSSR count). The number of methoxy groups -OCH3 is 1. The van der Waals surface area contributed by atoms with Crippen LogP contribution in [-0.4, -0.2) is 13.3 Å². The minimum Gasteiger partial charge on any atom is -0.496 e. The predicted octanol–water partition coefficient (Wildman–Crippen LogP) is 3.64. The highest BCUT2D eigenvalue weighted by Crippen LogP contribution is 2.41. The van der Waals surface area contributed by atoms with E-state index in [1.165, 1.54) is 7.11 Å². The lowest BCUT2D eigenvalue weighted by Crippen LogP contribution is -2.29. The number of benzene rings is 1. The van der Waals surface area contributed by atoms with Crippen LogP contribution >= 0.6 is 15.9 Å². The van der Waals surface area contributed by atoms with Gasteiger partial charge in [-0.2, -0.15) is 13.2 Å². The van der Waals surface area contributed by atoms with Crippen molar-refractivity contribution < 1.29 is 17.9 Å². The van der Waals surface area contributed by atoms with Crippen LogP contribution in [0.25, 0.3) is 0 Å². The number of nitrogens with two attached hydrogens (primary N) is 1. The molecule has 0 aliphatic carbocycles. The van der Waals surface area contributed by atoms with Gasteiger partial charge in [-0.3, -0.25) is 0 Å². The zero-order chi connectivity index (χ0) is 13.4. The highest BCUT2D eigenvalue weighted by atomic mass is 79.9. The minimum absolute atomic E-state index is 0.0214. The number of rotatable bonds is 2. The normalized spacial score (nSPS) is 13.6. The molecular weight excluding hydrogens is 299 g/mol. The molecule has 0 saturated heterocycles. The van der Waals surface area contributed by atoms with Crippen LogP contribution in [0.5, 0.6) is 5.75 Å². The summed E-state index contributed by atoms with van der Waals surface area (Å²) in [5.41, 5.74) is 6.29. The molecule has 0 spiro atoms. The summed E-state index contributed by atoms with van der Waals surface area (Å²) < 4.78 is 43.7. The number of alkyl halides is 3. The third-order valence-corrected chi connectivity index (χ3v) is 3.40. The van der Waals surface area contributed by atoms with Gasteiger partial charge in [-0.1, -0.05) is 15.9 Å². The van der Waals surface area contributed by atoms with Crippen LogP contribution in [0.15, 0.2) is 10.5 Å². The molecule has 0 amide bonds. The summed E-state index contributed by atoms with van der Waals surface area (Å²) in [4.78, 5) is 0. The van der Waals surface area contributed by atoms with Gasteiger partial charge in [-0.05, 0) is 31.0 Å². The van der Waals surface area contributed by atoms with Crippen molar-refractivity contribution in [2.75, 3.05) is 7.11 Å². The van der Waals surface area contributed by atoms with Crippen molar-refractivity contribution in [3.63, 3.8) is 0 Å². The number of ether oxygens (including phenoxy) is 1. The lowest BCUT2D eigenvalue weighted by atomic mass is 9.97. The summed E-state index contributed by atoms with van der Waals surface area (Å²) in [7, 11) is 1.34. The van der Waals surface area contributed by atoms with Crippen LogP contribution in [-0.2, 0) is 0 Å². The van der Waals surface area contributed by atoms with Crippen LogP contribution in [0.4, 0.5) is 13.2 Å². The van der Waals surface area contributed by atoms with E-state index in [-0.39, 0.29) is 11.3 Å². The van der Waals surface area contributed by atoms with E-state index in [4.69, 9.17) is 10.5 Å². The zero-order valence-corrected chi connectivity index (χ0v) is 11.2. The van der Waals surface area contributed by atoms with E-state index in [2.05, 4.69) is 15.9 Å². The third kappa shape index (κ3) is 2.74. The molecule has 1 aromatic rings. The molecule has 0 aliphatic heterocycles. The van der Waals surface area contributed by atoms with Gasteiger partial charge >= 0.3 is 6.18 Å². The number of aryl methyl sites for hydroxylation is 1. The molecule has 0 heterocycles. The molecule has 0 radical (unpaired) electrons. The van der Waals surface area contributed by atoms with Gasteiger partial charge < -0.3 is 10.5 Å². The molecular formula is C11H13BrF3NO. The molecule has 0 bridgehead atoms. The average Bonchev–Trinajstić information content (AvgIpc) is 2.20. The van der Waals surface area contributed by atoms with Gasteiger partial charge in [0.25, 0.3) is 0 Å². The van der Waals surface area contributed by atoms with Gasteiger partial charge in [0, 0.05) is 10.0 Å². The third-order valence-electron chi connectivity index (χ3n) is 2.58. The van der Waals surface area contributed by atoms with Crippen LogP contribution < -0.4 is 10.5 Å². The molecule has 0 saturated carbocycles. The highest BCUT2D eigenvalue weighted by Gasteiger charge is 2.40. The summed E-state index contributed by atoms with van der Waals surface area (Å²) in [6.07, 6.45) is -4.49. The lowest BCUT2D eigenvalue weighted by molar-refractivity contribution is -0.149. The summed E-state index contributed by atoms with van der Waals surface area (Å²) in [5, 5.41) is 0. The second-order valence-electron chi connectivity index (χ2n) is 3.77. The summed E-state index contributed by atoms with van der Waals surface area (Å²) in [6, 6.07) is -0.338. The molecule has 17 heavy (non-hydrogen) atoms. The van der Waals surface area contributed by atoms with E-state index in [1.54, 1.807) is 19.9 Å². The fourth-order valence-corrected chi connectivity index (χ4v) is 2.24. The van der Waals surface area contributed by atoms with Crippen molar-refractivity contribution in [1.82, 2.24) is 0 Å². The Hall–Kier alpha value is -0.750. The molecule has 2 nitrogen and oxygen atoms in total. The van der Waals surface area contributed by atoms with E-state index in [9.17, 15) is 13.2 Å². The van der Waals surface area contributed by atoms with Gasteiger partial charge in [-0.25, -0.2) is 0 Å². The standard InChI is InChI=1S/C11H13BrF3NO/c1-5-4-7(12)6(2)8(9(5)17-3)10(16)11(13,14)15/h4,10H,16H2,1-3H3. The van der Waals surface area contributed by atoms with E-state index >= 15 is 0 Å². The van der Waals surface area contributed by atoms with E-state index < -0.39 is 12.2 Å². The van der Waals surface area contributed by atoms with Crippen LogP contribution in [0.3, 0.4) is 0 Å². The molecule has 1 unspecified atom stereocenters. The van der Waals surface area contributed by atoms with E-state index in [0.717, 1.165) is 0 Å². The Morgan fingerprint density at radius 2 is 1.88 bits per heavy atom. The number of hydrogen-bond donors (Lipinski definition) is 1. The highest BCUT2D eigenvalue weighted by molar-refractivity contribution is 9.10. The van der Waals surface area contributed by atoms with Crippen LogP contribution in [0.1, 0.15) is 22.7 Å². The SMILES string of the molecule is COc1c(C)cc(Br)c(C)c1C(N)C(F)(F)F. The van der Waals surface area contributed by atoms with Crippen molar-refractivity contribution in [2.45, 2.75) is 26.1 Å². The first-order valence-corrected chi connectivity index (χ1v) is 5.65. The average molecular weight is 312 g/mol. The summed E-state index contributed by atoms with van der Waals surface area (Å²) >= 11 is 3.22. The molecule has 0 fully saturated rings. The zero-order valence-electron chi connectivity index (χ0n) is 9.65. The van der Waals surface area contributed by atoms with Crippen molar-refractivity contribution in [2.24, 2.45) is 5.73 Å². The van der Waals surface area contributed by atoms with Gasteiger partial charge in [0.2, 0.25) is 0 Å². The molecule has 1 atom stereocenters. The Morgan fingerprint density at radius 3 is 2.29 bits per heavy atom. The Morgan fingerprint density at radius 1 is 1.35 bits per heavy atom. The van der Waals surface area contributed by atoms with E-state index in [0.29, 0.717) is 15.6 Å². The number of hydrogen-bond acceptors (Lipinski definition) is 2. The smallest absolute Gasteiger partial charge is 0.407 e. The topological polar surface area (TPSA) is 35.2 Å². The molecule has 96 valence electrons. The van der Waals surface area contributed by atoms with Gasteiger partial charge in [0.1, 0.15) is 11.8 Å². The molecule has 2 N–H and O–H groups in total. The van der Waals surface area contributed by atoms with E-state index in [1.807, 2.05) is 0 Å². The molecule has 0 aliphatic rings. The Balaban J connectivity index is 3.50. The Bertz CT molecular complexity index is 432. The second-order valence-corrected chi connectivity index (χ2v) is 4.62. The van der Waals surface area contributed by atoms with Crippen molar-refractivity contribution in [3.05, 3.63) is 27.2 Å². The maximum absolute atomic E-state index is 12.7. The first-order chi connectivity index (χ1) is 7.70. The van der Waals surface area contributed by atoms with Gasteiger partial charge in [0.15, 0.2) is 0 Å².